The number of anilines is 2. The molecule has 0 saturated carbocycles. The lowest BCUT2D eigenvalue weighted by Gasteiger charge is -2.15. The first kappa shape index (κ1) is 28.4. The van der Waals surface area contributed by atoms with Crippen molar-refractivity contribution in [3.8, 4) is 23.8 Å². The largest absolute Gasteiger partial charge is 0.487 e. The lowest BCUT2D eigenvalue weighted by molar-refractivity contribution is 0.132. The second-order valence-corrected chi connectivity index (χ2v) is 6.48. The van der Waals surface area contributed by atoms with E-state index in [1.54, 1.807) is 20.3 Å². The Labute approximate surface area is 203 Å². The second kappa shape index (κ2) is 17.0. The molecule has 2 aromatic carbocycles. The van der Waals surface area contributed by atoms with Gasteiger partial charge in [0.15, 0.2) is 11.5 Å². The SMILES string of the molecule is C#Cc1cccc(Nc2ncnc3cc(OCCOC)c(OCCOC)cc23)c1.C=CC.CC. The average molecular weight is 466 g/mol. The van der Waals surface area contributed by atoms with Crippen molar-refractivity contribution >= 4 is 22.4 Å². The van der Waals surface area contributed by atoms with Crippen LogP contribution in [0, 0.1) is 12.3 Å². The summed E-state index contributed by atoms with van der Waals surface area (Å²) in [6.07, 6.45) is 8.74. The number of ether oxygens (including phenoxy) is 4. The van der Waals surface area contributed by atoms with Gasteiger partial charge in [0, 0.05) is 36.9 Å². The molecule has 0 aliphatic heterocycles. The normalized spacial score (nSPS) is 9.53. The molecule has 0 spiro atoms. The Balaban J connectivity index is 0.00000107. The van der Waals surface area contributed by atoms with Crippen molar-refractivity contribution in [3.05, 3.63) is 60.9 Å². The van der Waals surface area contributed by atoms with Crippen molar-refractivity contribution in [2.24, 2.45) is 0 Å². The van der Waals surface area contributed by atoms with E-state index >= 15 is 0 Å². The molecule has 3 rings (SSSR count). The van der Waals surface area contributed by atoms with Gasteiger partial charge in [0.05, 0.1) is 18.7 Å². The van der Waals surface area contributed by atoms with E-state index in [9.17, 15) is 0 Å². The maximum absolute atomic E-state index is 5.86. The Morgan fingerprint density at radius 1 is 0.971 bits per heavy atom. The van der Waals surface area contributed by atoms with Crippen molar-refractivity contribution < 1.29 is 18.9 Å². The molecular formula is C27H35N3O4. The number of benzene rings is 2. The van der Waals surface area contributed by atoms with E-state index in [2.05, 4.69) is 27.8 Å². The number of hydrogen-bond acceptors (Lipinski definition) is 7. The number of rotatable bonds is 10. The molecule has 0 saturated heterocycles. The minimum absolute atomic E-state index is 0.392. The topological polar surface area (TPSA) is 74.7 Å². The summed E-state index contributed by atoms with van der Waals surface area (Å²) in [6.45, 7) is 11.0. The van der Waals surface area contributed by atoms with Crippen molar-refractivity contribution in [2.75, 3.05) is 46.0 Å². The predicted octanol–water partition coefficient (Wildman–Crippen LogP) is 5.62. The molecule has 7 nitrogen and oxygen atoms in total. The zero-order valence-electron chi connectivity index (χ0n) is 20.8. The lowest BCUT2D eigenvalue weighted by atomic mass is 10.2. The van der Waals surface area contributed by atoms with Crippen LogP contribution in [0.1, 0.15) is 26.3 Å². The summed E-state index contributed by atoms with van der Waals surface area (Å²) in [5.74, 6) is 4.44. The summed E-state index contributed by atoms with van der Waals surface area (Å²) >= 11 is 0. The highest BCUT2D eigenvalue weighted by Gasteiger charge is 2.13. The number of terminal acetylenes is 1. The van der Waals surface area contributed by atoms with Gasteiger partial charge >= 0.3 is 0 Å². The summed E-state index contributed by atoms with van der Waals surface area (Å²) in [5, 5.41) is 4.10. The van der Waals surface area contributed by atoms with Gasteiger partial charge in [-0.3, -0.25) is 0 Å². The van der Waals surface area contributed by atoms with Gasteiger partial charge in [-0.2, -0.15) is 0 Å². The molecule has 1 heterocycles. The monoisotopic (exact) mass is 465 g/mol. The summed E-state index contributed by atoms with van der Waals surface area (Å²) in [7, 11) is 3.25. The molecule has 0 unspecified atom stereocenters. The highest BCUT2D eigenvalue weighted by molar-refractivity contribution is 5.93. The number of hydrogen-bond donors (Lipinski definition) is 1. The summed E-state index contributed by atoms with van der Waals surface area (Å²) in [6, 6.07) is 11.3. The maximum Gasteiger partial charge on any atom is 0.163 e. The van der Waals surface area contributed by atoms with Gasteiger partial charge in [0.1, 0.15) is 25.4 Å². The molecule has 0 atom stereocenters. The van der Waals surface area contributed by atoms with Crippen molar-refractivity contribution in [2.45, 2.75) is 20.8 Å². The minimum atomic E-state index is 0.392. The Morgan fingerprint density at radius 2 is 1.59 bits per heavy atom. The van der Waals surface area contributed by atoms with Gasteiger partial charge in [0.25, 0.3) is 0 Å². The quantitative estimate of drug-likeness (QED) is 0.236. The van der Waals surface area contributed by atoms with Gasteiger partial charge in [-0.25, -0.2) is 9.97 Å². The van der Waals surface area contributed by atoms with Crippen LogP contribution in [0.25, 0.3) is 10.9 Å². The molecule has 0 bridgehead atoms. The summed E-state index contributed by atoms with van der Waals surface area (Å²) < 4.78 is 21.8. The zero-order valence-corrected chi connectivity index (χ0v) is 20.8. The van der Waals surface area contributed by atoms with Crippen molar-refractivity contribution in [1.29, 1.82) is 0 Å². The van der Waals surface area contributed by atoms with Crippen LogP contribution in [-0.4, -0.2) is 50.6 Å². The fraction of sp³-hybridized carbons (Fsp3) is 0.333. The summed E-state index contributed by atoms with van der Waals surface area (Å²) in [5.41, 5.74) is 2.34. The standard InChI is InChI=1S/C22H23N3O4.C3H6.C2H6/c1-4-16-6-5-7-17(12-16)25-22-18-13-20(28-10-8-26-2)21(29-11-9-27-3)14-19(18)23-15-24-22;1-3-2;1-2/h1,5-7,12-15H,8-11H2,2-3H3,(H,23,24,25);3H,1H2,2H3;1-2H3. The number of nitrogens with zero attached hydrogens (tertiary/aromatic N) is 2. The molecular weight excluding hydrogens is 430 g/mol. The minimum Gasteiger partial charge on any atom is -0.487 e. The number of allylic oxidation sites excluding steroid dienone is 1. The fourth-order valence-electron chi connectivity index (χ4n) is 2.68. The third kappa shape index (κ3) is 9.10. The molecule has 7 heteroatoms. The molecule has 1 aromatic heterocycles. The molecule has 0 radical (unpaired) electrons. The average Bonchev–Trinajstić information content (AvgIpc) is 2.86. The van der Waals surface area contributed by atoms with Crippen LogP contribution in [0.5, 0.6) is 11.5 Å². The molecule has 0 aliphatic rings. The smallest absolute Gasteiger partial charge is 0.163 e. The maximum atomic E-state index is 5.86. The van der Waals surface area contributed by atoms with Gasteiger partial charge < -0.3 is 24.3 Å². The highest BCUT2D eigenvalue weighted by Crippen LogP contribution is 2.35. The van der Waals surface area contributed by atoms with Crippen LogP contribution in [0.15, 0.2) is 55.4 Å². The Bertz CT molecular complexity index is 1050. The van der Waals surface area contributed by atoms with Crippen LogP contribution in [0.3, 0.4) is 0 Å². The second-order valence-electron chi connectivity index (χ2n) is 6.48. The Morgan fingerprint density at radius 3 is 2.18 bits per heavy atom. The van der Waals surface area contributed by atoms with Crippen molar-refractivity contribution in [1.82, 2.24) is 9.97 Å². The van der Waals surface area contributed by atoms with Gasteiger partial charge in [0.2, 0.25) is 0 Å². The van der Waals surface area contributed by atoms with E-state index in [0.29, 0.717) is 43.7 Å². The third-order valence-electron chi connectivity index (χ3n) is 4.08. The van der Waals surface area contributed by atoms with E-state index < -0.39 is 0 Å². The van der Waals surface area contributed by atoms with Gasteiger partial charge in [-0.05, 0) is 31.2 Å². The first-order valence-electron chi connectivity index (χ1n) is 11.1. The number of fused-ring (bicyclic) bond motifs is 1. The Kier molecular flexibility index (Phi) is 14.2. The van der Waals surface area contributed by atoms with E-state index in [0.717, 1.165) is 22.2 Å². The van der Waals surface area contributed by atoms with E-state index in [1.807, 2.05) is 57.2 Å². The fourth-order valence-corrected chi connectivity index (χ4v) is 2.68. The number of aromatic nitrogens is 2. The summed E-state index contributed by atoms with van der Waals surface area (Å²) in [4.78, 5) is 8.75. The number of nitrogens with one attached hydrogen (secondary N) is 1. The predicted molar refractivity (Wildman–Crippen MR) is 139 cm³/mol. The van der Waals surface area contributed by atoms with Gasteiger partial charge in [-0.1, -0.05) is 31.9 Å². The van der Waals surface area contributed by atoms with Crippen LogP contribution in [0.2, 0.25) is 0 Å². The van der Waals surface area contributed by atoms with Crippen molar-refractivity contribution in [3.63, 3.8) is 0 Å². The first-order chi connectivity index (χ1) is 16.7. The molecule has 3 aromatic rings. The first-order valence-corrected chi connectivity index (χ1v) is 11.1. The van der Waals surface area contributed by atoms with Crippen LogP contribution >= 0.6 is 0 Å². The van der Waals surface area contributed by atoms with E-state index in [4.69, 9.17) is 25.4 Å². The van der Waals surface area contributed by atoms with Crippen LogP contribution in [0.4, 0.5) is 11.5 Å². The van der Waals surface area contributed by atoms with E-state index in [-0.39, 0.29) is 0 Å². The molecule has 1 N–H and O–H groups in total. The highest BCUT2D eigenvalue weighted by atomic mass is 16.5. The van der Waals surface area contributed by atoms with Gasteiger partial charge in [-0.15, -0.1) is 13.0 Å². The zero-order chi connectivity index (χ0) is 25.2. The molecule has 0 fully saturated rings. The molecule has 182 valence electrons. The molecule has 34 heavy (non-hydrogen) atoms. The third-order valence-corrected chi connectivity index (χ3v) is 4.08. The molecule has 0 aliphatic carbocycles. The Hall–Kier alpha value is -3.60. The van der Waals surface area contributed by atoms with E-state index in [1.165, 1.54) is 6.33 Å². The van der Waals surface area contributed by atoms with Crippen LogP contribution < -0.4 is 14.8 Å². The van der Waals surface area contributed by atoms with Crippen LogP contribution in [-0.2, 0) is 9.47 Å². The number of methoxy groups -OCH3 is 2. The molecule has 0 amide bonds. The lowest BCUT2D eigenvalue weighted by Crippen LogP contribution is -2.09.